The molecule has 0 fully saturated rings. The van der Waals surface area contributed by atoms with Gasteiger partial charge >= 0.3 is 5.97 Å². The van der Waals surface area contributed by atoms with E-state index in [-0.39, 0.29) is 0 Å². The number of carbonyl (C=O) groups is 1. The number of hydrogen-bond acceptors (Lipinski definition) is 2. The first-order chi connectivity index (χ1) is 11.2. The van der Waals surface area contributed by atoms with Crippen LogP contribution in [0.25, 0.3) is 0 Å². The molecule has 0 saturated carbocycles. The van der Waals surface area contributed by atoms with E-state index >= 15 is 0 Å². The molecule has 0 aromatic rings. The van der Waals surface area contributed by atoms with Gasteiger partial charge in [0.2, 0.25) is 0 Å². The normalized spacial score (nSPS) is 12.4. The van der Waals surface area contributed by atoms with Gasteiger partial charge in [0.15, 0.2) is 0 Å². The zero-order chi connectivity index (χ0) is 17.2. The molecule has 0 aliphatic rings. The molecule has 0 spiro atoms. The molecule has 3 heteroatoms. The lowest BCUT2D eigenvalue weighted by Gasteiger charge is -2.15. The van der Waals surface area contributed by atoms with Crippen LogP contribution in [0.1, 0.15) is 110 Å². The highest BCUT2D eigenvalue weighted by Crippen LogP contribution is 2.24. The van der Waals surface area contributed by atoms with Gasteiger partial charge < -0.3 is 5.11 Å². The Hall–Kier alpha value is -0.180. The van der Waals surface area contributed by atoms with Crippen molar-refractivity contribution in [3.63, 3.8) is 0 Å². The average molecular weight is 345 g/mol. The number of aliphatic carboxylic acids is 1. The van der Waals surface area contributed by atoms with E-state index in [0.29, 0.717) is 6.42 Å². The highest BCUT2D eigenvalue weighted by molar-refractivity contribution is 7.99. The Morgan fingerprint density at radius 3 is 1.74 bits per heavy atom. The second kappa shape index (κ2) is 18.2. The third kappa shape index (κ3) is 18.0. The van der Waals surface area contributed by atoms with Gasteiger partial charge in [-0.1, -0.05) is 84.5 Å². The molecule has 0 aliphatic carbocycles. The first-order valence-electron chi connectivity index (χ1n) is 10.0. The van der Waals surface area contributed by atoms with E-state index in [1.165, 1.54) is 82.8 Å². The molecule has 0 aliphatic heterocycles. The van der Waals surface area contributed by atoms with E-state index in [0.717, 1.165) is 18.1 Å². The van der Waals surface area contributed by atoms with Crippen molar-refractivity contribution >= 4 is 17.7 Å². The van der Waals surface area contributed by atoms with Crippen LogP contribution < -0.4 is 0 Å². The minimum absolute atomic E-state index is 0.340. The lowest BCUT2D eigenvalue weighted by molar-refractivity contribution is -0.137. The lowest BCUT2D eigenvalue weighted by Crippen LogP contribution is -2.03. The maximum atomic E-state index is 10.4. The smallest absolute Gasteiger partial charge is 0.303 e. The van der Waals surface area contributed by atoms with Crippen LogP contribution in [0.15, 0.2) is 0 Å². The summed E-state index contributed by atoms with van der Waals surface area (Å²) in [5.74, 6) is 0.582. The summed E-state index contributed by atoms with van der Waals surface area (Å²) in [4.78, 5) is 10.4. The van der Waals surface area contributed by atoms with Crippen molar-refractivity contribution in [1.29, 1.82) is 0 Å². The summed E-state index contributed by atoms with van der Waals surface area (Å²) in [6, 6.07) is 0. The fourth-order valence-electron chi connectivity index (χ4n) is 3.05. The van der Waals surface area contributed by atoms with Crippen molar-refractivity contribution in [3.8, 4) is 0 Å². The number of carboxylic acid groups (broad SMARTS) is 1. The molecule has 1 N–H and O–H groups in total. The predicted octanol–water partition coefficient (Wildman–Crippen LogP) is 7.06. The summed E-state index contributed by atoms with van der Waals surface area (Å²) in [5.41, 5.74) is 0. The van der Waals surface area contributed by atoms with Crippen LogP contribution in [0.4, 0.5) is 0 Å². The van der Waals surface area contributed by atoms with Crippen molar-refractivity contribution in [3.05, 3.63) is 0 Å². The Balaban J connectivity index is 3.48. The monoisotopic (exact) mass is 344 g/mol. The summed E-state index contributed by atoms with van der Waals surface area (Å²) in [5, 5.41) is 9.46. The van der Waals surface area contributed by atoms with Crippen LogP contribution in [0, 0.1) is 0 Å². The molecule has 0 heterocycles. The first kappa shape index (κ1) is 22.8. The van der Waals surface area contributed by atoms with E-state index in [1.54, 1.807) is 0 Å². The van der Waals surface area contributed by atoms with Crippen LogP contribution >= 0.6 is 11.8 Å². The number of unbranched alkanes of at least 4 members (excludes halogenated alkanes) is 10. The van der Waals surface area contributed by atoms with Crippen LogP contribution in [0.5, 0.6) is 0 Å². The summed E-state index contributed by atoms with van der Waals surface area (Å²) in [6.45, 7) is 4.55. The zero-order valence-corrected chi connectivity index (χ0v) is 16.5. The molecule has 0 aromatic heterocycles. The van der Waals surface area contributed by atoms with Gasteiger partial charge in [0.05, 0.1) is 0 Å². The molecule has 0 bridgehead atoms. The lowest BCUT2D eigenvalue weighted by atomic mass is 10.0. The third-order valence-electron chi connectivity index (χ3n) is 4.45. The van der Waals surface area contributed by atoms with Gasteiger partial charge in [-0.3, -0.25) is 4.79 Å². The van der Waals surface area contributed by atoms with Crippen LogP contribution in [0.3, 0.4) is 0 Å². The van der Waals surface area contributed by atoms with Crippen LogP contribution in [-0.4, -0.2) is 22.1 Å². The summed E-state index contributed by atoms with van der Waals surface area (Å²) in [6.07, 6.45) is 18.6. The van der Waals surface area contributed by atoms with Gasteiger partial charge in [0.1, 0.15) is 0 Å². The Kier molecular flexibility index (Phi) is 18.0. The molecule has 2 nitrogen and oxygen atoms in total. The molecular formula is C20H40O2S. The number of thioether (sulfide) groups is 1. The third-order valence-corrected chi connectivity index (χ3v) is 5.72. The molecule has 23 heavy (non-hydrogen) atoms. The van der Waals surface area contributed by atoms with Crippen LogP contribution in [0.2, 0.25) is 0 Å². The molecule has 0 amide bonds. The van der Waals surface area contributed by atoms with E-state index in [9.17, 15) is 4.79 Å². The number of rotatable bonds is 18. The van der Waals surface area contributed by atoms with Gasteiger partial charge in [-0.2, -0.15) is 11.8 Å². The molecule has 0 saturated heterocycles. The van der Waals surface area contributed by atoms with Crippen molar-refractivity contribution in [2.24, 2.45) is 0 Å². The quantitative estimate of drug-likeness (QED) is 0.270. The summed E-state index contributed by atoms with van der Waals surface area (Å²) in [7, 11) is 0. The maximum absolute atomic E-state index is 10.4. The van der Waals surface area contributed by atoms with Gasteiger partial charge in [-0.05, 0) is 25.0 Å². The minimum Gasteiger partial charge on any atom is -0.481 e. The van der Waals surface area contributed by atoms with E-state index in [1.807, 2.05) is 0 Å². The Morgan fingerprint density at radius 2 is 1.26 bits per heavy atom. The fourth-order valence-corrected chi connectivity index (χ4v) is 4.19. The van der Waals surface area contributed by atoms with Crippen molar-refractivity contribution in [2.75, 3.05) is 5.75 Å². The van der Waals surface area contributed by atoms with E-state index in [2.05, 4.69) is 25.6 Å². The molecule has 1 atom stereocenters. The second-order valence-electron chi connectivity index (χ2n) is 6.69. The number of hydrogen-bond donors (Lipinski definition) is 1. The topological polar surface area (TPSA) is 37.3 Å². The van der Waals surface area contributed by atoms with Crippen molar-refractivity contribution in [1.82, 2.24) is 0 Å². The Morgan fingerprint density at radius 1 is 0.783 bits per heavy atom. The highest BCUT2D eigenvalue weighted by Gasteiger charge is 2.08. The molecule has 138 valence electrons. The van der Waals surface area contributed by atoms with Crippen LogP contribution in [-0.2, 0) is 4.79 Å². The van der Waals surface area contributed by atoms with Gasteiger partial charge in [-0.15, -0.1) is 0 Å². The standard InChI is InChI=1S/C20H40O2S/c1-3-5-6-7-8-10-13-16-19(23-4-2)17-14-11-9-12-15-18-20(21)22/h19H,3-18H2,1-2H3,(H,21,22). The zero-order valence-electron chi connectivity index (χ0n) is 15.7. The van der Waals surface area contributed by atoms with Gasteiger partial charge in [0, 0.05) is 11.7 Å². The largest absolute Gasteiger partial charge is 0.481 e. The minimum atomic E-state index is -0.654. The van der Waals surface area contributed by atoms with Crippen molar-refractivity contribution < 1.29 is 9.90 Å². The van der Waals surface area contributed by atoms with E-state index < -0.39 is 5.97 Å². The predicted molar refractivity (Wildman–Crippen MR) is 104 cm³/mol. The van der Waals surface area contributed by atoms with Gasteiger partial charge in [-0.25, -0.2) is 0 Å². The molecule has 0 rings (SSSR count). The Labute approximate surface area is 149 Å². The van der Waals surface area contributed by atoms with Gasteiger partial charge in [0.25, 0.3) is 0 Å². The maximum Gasteiger partial charge on any atom is 0.303 e. The molecular weight excluding hydrogens is 304 g/mol. The molecule has 0 aromatic carbocycles. The first-order valence-corrected chi connectivity index (χ1v) is 11.1. The molecule has 0 radical (unpaired) electrons. The summed E-state index contributed by atoms with van der Waals surface area (Å²) >= 11 is 2.14. The SMILES string of the molecule is CCCCCCCCCC(CCCCCCCC(=O)O)SCC. The second-order valence-corrected chi connectivity index (χ2v) is 8.26. The Bertz CT molecular complexity index is 256. The average Bonchev–Trinajstić information content (AvgIpc) is 2.52. The van der Waals surface area contributed by atoms with Crippen molar-refractivity contribution in [2.45, 2.75) is 115 Å². The summed E-state index contributed by atoms with van der Waals surface area (Å²) < 4.78 is 0. The molecule has 1 unspecified atom stereocenters. The fraction of sp³-hybridized carbons (Fsp3) is 0.950. The number of carboxylic acids is 1. The van der Waals surface area contributed by atoms with E-state index in [4.69, 9.17) is 5.11 Å². The highest BCUT2D eigenvalue weighted by atomic mass is 32.2.